The number of hydrogen-bond donors (Lipinski definition) is 2. The first-order valence-corrected chi connectivity index (χ1v) is 8.62. The maximum atomic E-state index is 11.9. The number of fused-ring (bicyclic) bond motifs is 1. The minimum atomic E-state index is -3.76. The predicted molar refractivity (Wildman–Crippen MR) is 87.7 cm³/mol. The molecule has 0 fully saturated rings. The average molecular weight is 362 g/mol. The number of primary sulfonamides is 1. The summed E-state index contributed by atoms with van der Waals surface area (Å²) in [7, 11) is -2.52. The van der Waals surface area contributed by atoms with E-state index in [-0.39, 0.29) is 21.7 Å². The van der Waals surface area contributed by atoms with Crippen LogP contribution in [0.4, 0.5) is 0 Å². The van der Waals surface area contributed by atoms with Crippen LogP contribution < -0.4 is 10.7 Å². The second-order valence-electron chi connectivity index (χ2n) is 5.34. The molecule has 3 N–H and O–H groups in total. The molecule has 0 unspecified atom stereocenters. The smallest absolute Gasteiger partial charge is 0.341 e. The van der Waals surface area contributed by atoms with Gasteiger partial charge in [0.15, 0.2) is 0 Å². The van der Waals surface area contributed by atoms with Crippen LogP contribution in [0, 0.1) is 0 Å². The van der Waals surface area contributed by atoms with Crippen LogP contribution >= 0.6 is 0 Å². The molecule has 0 saturated carbocycles. The van der Waals surface area contributed by atoms with Crippen molar-refractivity contribution in [1.82, 2.24) is 14.8 Å². The number of carbonyl (C=O) groups is 1. The predicted octanol–water partition coefficient (Wildman–Crippen LogP) is 0.158. The number of methoxy groups -OCH3 is 1. The van der Waals surface area contributed by atoms with Crippen molar-refractivity contribution < 1.29 is 17.9 Å². The van der Waals surface area contributed by atoms with Gasteiger partial charge >= 0.3 is 5.97 Å². The van der Waals surface area contributed by atoms with Crippen molar-refractivity contribution in [1.29, 1.82) is 0 Å². The molecular formula is C15H14N4O5S. The number of nitrogens with zero attached hydrogens (tertiary/aromatic N) is 2. The van der Waals surface area contributed by atoms with Gasteiger partial charge in [-0.1, -0.05) is 12.1 Å². The molecule has 10 heteroatoms. The summed E-state index contributed by atoms with van der Waals surface area (Å²) < 4.78 is 28.9. The number of hydrogen-bond acceptors (Lipinski definition) is 6. The lowest BCUT2D eigenvalue weighted by Crippen LogP contribution is -2.13. The van der Waals surface area contributed by atoms with Crippen molar-refractivity contribution in [2.45, 2.75) is 11.4 Å². The lowest BCUT2D eigenvalue weighted by molar-refractivity contribution is 0.0600. The first-order chi connectivity index (χ1) is 11.8. The Kier molecular flexibility index (Phi) is 4.15. The molecule has 0 aromatic heterocycles. The summed E-state index contributed by atoms with van der Waals surface area (Å²) in [5.41, 5.74) is 0.976. The number of sulfonamides is 1. The van der Waals surface area contributed by atoms with Gasteiger partial charge in [-0.3, -0.25) is 4.79 Å². The number of nitrogens with two attached hydrogens (primary N) is 1. The highest BCUT2D eigenvalue weighted by molar-refractivity contribution is 7.89. The van der Waals surface area contributed by atoms with E-state index in [0.29, 0.717) is 6.54 Å². The molecule has 0 amide bonds. The number of nitrogens with one attached hydrogen (secondary N) is 1. The molecule has 2 aliphatic rings. The van der Waals surface area contributed by atoms with Crippen LogP contribution in [0.1, 0.15) is 15.9 Å². The van der Waals surface area contributed by atoms with Gasteiger partial charge in [-0.25, -0.2) is 23.4 Å². The summed E-state index contributed by atoms with van der Waals surface area (Å²) in [4.78, 5) is 23.8. The number of H-pyrrole nitrogens is 1. The van der Waals surface area contributed by atoms with E-state index in [1.165, 1.54) is 25.4 Å². The lowest BCUT2D eigenvalue weighted by atomic mass is 10.1. The number of aromatic nitrogens is 3. The molecule has 0 atom stereocenters. The molecule has 9 nitrogen and oxygen atoms in total. The fourth-order valence-electron chi connectivity index (χ4n) is 2.44. The summed E-state index contributed by atoms with van der Waals surface area (Å²) in [5, 5.41) is 11.2. The molecule has 0 radical (unpaired) electrons. The third-order valence-corrected chi connectivity index (χ3v) is 4.57. The Balaban J connectivity index is 2.01. The summed E-state index contributed by atoms with van der Waals surface area (Å²) in [6, 6.07) is 5.98. The van der Waals surface area contributed by atoms with Gasteiger partial charge < -0.3 is 9.30 Å². The SMILES string of the molecule is COC(=O)c1cn(Cc2ccc(S(N)(=O)=O)cc2)cc2c(=O)[nH]nc1-2. The molecule has 1 aromatic rings. The zero-order chi connectivity index (χ0) is 18.2. The topological polar surface area (TPSA) is 137 Å². The highest BCUT2D eigenvalue weighted by atomic mass is 32.2. The van der Waals surface area contributed by atoms with Crippen molar-refractivity contribution in [3.8, 4) is 11.3 Å². The van der Waals surface area contributed by atoms with Crippen molar-refractivity contribution in [2.24, 2.45) is 5.14 Å². The highest BCUT2D eigenvalue weighted by Crippen LogP contribution is 2.21. The van der Waals surface area contributed by atoms with E-state index in [1.807, 2.05) is 0 Å². The number of benzene rings is 1. The standard InChI is InChI=1S/C15H14N4O5S/c1-24-15(21)12-8-19(7-11-13(12)17-18-14(11)20)6-9-2-4-10(5-3-9)25(16,22)23/h2-5,7-8H,6H2,1H3,(H,18,20)(H2,16,22,23). The van der Waals surface area contributed by atoms with Gasteiger partial charge in [-0.15, -0.1) is 0 Å². The largest absolute Gasteiger partial charge is 0.465 e. The Hall–Kier alpha value is -2.98. The van der Waals surface area contributed by atoms with Crippen molar-refractivity contribution in [2.75, 3.05) is 7.11 Å². The molecule has 2 aliphatic heterocycles. The van der Waals surface area contributed by atoms with Crippen molar-refractivity contribution in [3.05, 3.63) is 58.1 Å². The van der Waals surface area contributed by atoms with E-state index in [4.69, 9.17) is 9.88 Å². The van der Waals surface area contributed by atoms with E-state index in [2.05, 4.69) is 10.2 Å². The zero-order valence-corrected chi connectivity index (χ0v) is 13.9. The van der Waals surface area contributed by atoms with Crippen LogP contribution in [0.3, 0.4) is 0 Å². The van der Waals surface area contributed by atoms with Gasteiger partial charge in [0.25, 0.3) is 5.56 Å². The maximum absolute atomic E-state index is 11.9. The normalized spacial score (nSPS) is 11.6. The van der Waals surface area contributed by atoms with Gasteiger partial charge in [0.1, 0.15) is 11.3 Å². The molecule has 3 rings (SSSR count). The molecular weight excluding hydrogens is 348 g/mol. The summed E-state index contributed by atoms with van der Waals surface area (Å²) in [6.07, 6.45) is 3.07. The van der Waals surface area contributed by atoms with Crippen LogP contribution in [0.25, 0.3) is 11.3 Å². The van der Waals surface area contributed by atoms with Crippen molar-refractivity contribution >= 4 is 16.0 Å². The first kappa shape index (κ1) is 16.9. The Bertz CT molecular complexity index is 1070. The minimum absolute atomic E-state index is 0.00336. The van der Waals surface area contributed by atoms with E-state index in [0.717, 1.165) is 5.56 Å². The number of carbonyl (C=O) groups excluding carboxylic acids is 1. The Morgan fingerprint density at radius 1 is 1.28 bits per heavy atom. The van der Waals surface area contributed by atoms with Gasteiger partial charge in [0, 0.05) is 18.9 Å². The summed E-state index contributed by atoms with van der Waals surface area (Å²) >= 11 is 0. The highest BCUT2D eigenvalue weighted by Gasteiger charge is 2.21. The second kappa shape index (κ2) is 6.15. The second-order valence-corrected chi connectivity index (χ2v) is 6.90. The van der Waals surface area contributed by atoms with Crippen LogP contribution in [0.2, 0.25) is 0 Å². The maximum Gasteiger partial charge on any atom is 0.341 e. The Labute approximate surface area is 142 Å². The molecule has 25 heavy (non-hydrogen) atoms. The zero-order valence-electron chi connectivity index (χ0n) is 13.1. The summed E-state index contributed by atoms with van der Waals surface area (Å²) in [6.45, 7) is 0.301. The quantitative estimate of drug-likeness (QED) is 0.634. The van der Waals surface area contributed by atoms with Crippen LogP contribution in [0.5, 0.6) is 0 Å². The fourth-order valence-corrected chi connectivity index (χ4v) is 2.95. The van der Waals surface area contributed by atoms with Gasteiger partial charge in [0.2, 0.25) is 10.0 Å². The molecule has 130 valence electrons. The monoisotopic (exact) mass is 362 g/mol. The van der Waals surface area contributed by atoms with Crippen molar-refractivity contribution in [3.63, 3.8) is 0 Å². The van der Waals surface area contributed by atoms with Crippen LogP contribution in [-0.2, 0) is 21.3 Å². The molecule has 0 bridgehead atoms. The molecule has 1 aromatic carbocycles. The lowest BCUT2D eigenvalue weighted by Gasteiger charge is -2.12. The number of ether oxygens (including phenoxy) is 1. The molecule has 2 heterocycles. The van der Waals surface area contributed by atoms with Gasteiger partial charge in [0.05, 0.1) is 17.6 Å². The summed E-state index contributed by atoms with van der Waals surface area (Å²) in [5.74, 6) is -0.615. The first-order valence-electron chi connectivity index (χ1n) is 7.08. The van der Waals surface area contributed by atoms with Gasteiger partial charge in [-0.05, 0) is 17.7 Å². The minimum Gasteiger partial charge on any atom is -0.465 e. The van der Waals surface area contributed by atoms with Crippen LogP contribution in [-0.4, -0.2) is 36.3 Å². The molecule has 0 saturated heterocycles. The van der Waals surface area contributed by atoms with E-state index in [9.17, 15) is 18.0 Å². The fraction of sp³-hybridized carbons (Fsp3) is 0.133. The van der Waals surface area contributed by atoms with Crippen LogP contribution in [0.15, 0.2) is 46.3 Å². The van der Waals surface area contributed by atoms with E-state index >= 15 is 0 Å². The number of aromatic amines is 1. The third kappa shape index (κ3) is 3.30. The Morgan fingerprint density at radius 2 is 1.96 bits per heavy atom. The average Bonchev–Trinajstić information content (AvgIpc) is 2.94. The van der Waals surface area contributed by atoms with E-state index in [1.54, 1.807) is 22.9 Å². The van der Waals surface area contributed by atoms with Gasteiger partial charge in [-0.2, -0.15) is 5.10 Å². The molecule has 0 spiro atoms. The van der Waals surface area contributed by atoms with E-state index < -0.39 is 21.6 Å². The molecule has 0 aliphatic carbocycles. The Morgan fingerprint density at radius 3 is 2.56 bits per heavy atom. The number of pyridine rings is 1. The third-order valence-electron chi connectivity index (χ3n) is 3.64. The number of esters is 1. The number of rotatable bonds is 4.